The Hall–Kier alpha value is -0.0800. The maximum absolute atomic E-state index is 6.35. The van der Waals surface area contributed by atoms with Crippen molar-refractivity contribution in [1.82, 2.24) is 4.90 Å². The van der Waals surface area contributed by atoms with Crippen molar-refractivity contribution in [3.63, 3.8) is 0 Å². The summed E-state index contributed by atoms with van der Waals surface area (Å²) >= 11 is 0. The SMILES string of the molecule is CCCC1(N)CCN(C(C)(C)C)CC1. The van der Waals surface area contributed by atoms with Crippen LogP contribution in [0.2, 0.25) is 0 Å². The van der Waals surface area contributed by atoms with Crippen LogP contribution in [0, 0.1) is 0 Å². The summed E-state index contributed by atoms with van der Waals surface area (Å²) in [5.74, 6) is 0. The average molecular weight is 198 g/mol. The maximum atomic E-state index is 6.35. The van der Waals surface area contributed by atoms with Crippen molar-refractivity contribution in [3.05, 3.63) is 0 Å². The number of hydrogen-bond acceptors (Lipinski definition) is 2. The number of piperidine rings is 1. The minimum absolute atomic E-state index is 0.135. The second kappa shape index (κ2) is 4.19. The Balaban J connectivity index is 2.45. The van der Waals surface area contributed by atoms with Crippen molar-refractivity contribution in [2.45, 2.75) is 64.5 Å². The van der Waals surface area contributed by atoms with Gasteiger partial charge in [0.1, 0.15) is 0 Å². The van der Waals surface area contributed by atoms with E-state index in [9.17, 15) is 0 Å². The predicted octanol–water partition coefficient (Wildman–Crippen LogP) is 2.38. The van der Waals surface area contributed by atoms with Gasteiger partial charge in [-0.15, -0.1) is 0 Å². The Morgan fingerprint density at radius 1 is 1.21 bits per heavy atom. The minimum Gasteiger partial charge on any atom is -0.325 e. The summed E-state index contributed by atoms with van der Waals surface area (Å²) in [4.78, 5) is 2.55. The number of hydrogen-bond donors (Lipinski definition) is 1. The lowest BCUT2D eigenvalue weighted by Gasteiger charge is -2.45. The van der Waals surface area contributed by atoms with Gasteiger partial charge in [-0.05, 0) is 40.0 Å². The lowest BCUT2D eigenvalue weighted by molar-refractivity contribution is 0.0736. The molecule has 0 aliphatic carbocycles. The molecule has 0 spiro atoms. The minimum atomic E-state index is 0.135. The standard InChI is InChI=1S/C12H26N2/c1-5-6-12(13)7-9-14(10-8-12)11(2,3)4/h5-10,13H2,1-4H3. The van der Waals surface area contributed by atoms with Gasteiger partial charge in [0.2, 0.25) is 0 Å². The molecule has 0 aromatic rings. The van der Waals surface area contributed by atoms with Crippen LogP contribution in [-0.4, -0.2) is 29.1 Å². The number of likely N-dealkylation sites (tertiary alicyclic amines) is 1. The molecule has 1 saturated heterocycles. The molecule has 84 valence electrons. The van der Waals surface area contributed by atoms with Crippen LogP contribution >= 0.6 is 0 Å². The summed E-state index contributed by atoms with van der Waals surface area (Å²) in [5, 5.41) is 0. The molecule has 2 heteroatoms. The van der Waals surface area contributed by atoms with Gasteiger partial charge in [-0.3, -0.25) is 4.90 Å². The normalized spacial score (nSPS) is 23.8. The Bertz CT molecular complexity index is 173. The molecule has 0 bridgehead atoms. The molecule has 0 aromatic heterocycles. The average Bonchev–Trinajstić information content (AvgIpc) is 2.03. The van der Waals surface area contributed by atoms with Crippen LogP contribution in [0.4, 0.5) is 0 Å². The van der Waals surface area contributed by atoms with Gasteiger partial charge in [0.15, 0.2) is 0 Å². The van der Waals surface area contributed by atoms with E-state index in [1.807, 2.05) is 0 Å². The van der Waals surface area contributed by atoms with Crippen LogP contribution in [-0.2, 0) is 0 Å². The summed E-state index contributed by atoms with van der Waals surface area (Å²) in [7, 11) is 0. The zero-order valence-corrected chi connectivity index (χ0v) is 10.3. The molecule has 0 aromatic carbocycles. The molecule has 1 heterocycles. The smallest absolute Gasteiger partial charge is 0.0178 e. The van der Waals surface area contributed by atoms with Crippen LogP contribution in [0.1, 0.15) is 53.4 Å². The quantitative estimate of drug-likeness (QED) is 0.738. The Kier molecular flexibility index (Phi) is 3.59. The summed E-state index contributed by atoms with van der Waals surface area (Å²) in [6, 6.07) is 0. The number of nitrogens with zero attached hydrogens (tertiary/aromatic N) is 1. The third-order valence-corrected chi connectivity index (χ3v) is 3.46. The van der Waals surface area contributed by atoms with Crippen LogP contribution in [0.3, 0.4) is 0 Å². The second-order valence-electron chi connectivity index (χ2n) is 5.77. The fourth-order valence-corrected chi connectivity index (χ4v) is 2.37. The molecule has 14 heavy (non-hydrogen) atoms. The first-order valence-corrected chi connectivity index (χ1v) is 5.91. The highest BCUT2D eigenvalue weighted by Gasteiger charge is 2.33. The van der Waals surface area contributed by atoms with Gasteiger partial charge in [0.25, 0.3) is 0 Å². The first-order valence-electron chi connectivity index (χ1n) is 5.91. The van der Waals surface area contributed by atoms with E-state index in [1.54, 1.807) is 0 Å². The largest absolute Gasteiger partial charge is 0.325 e. The van der Waals surface area contributed by atoms with Crippen LogP contribution in [0.5, 0.6) is 0 Å². The lowest BCUT2D eigenvalue weighted by atomic mass is 9.83. The van der Waals surface area contributed by atoms with E-state index in [0.717, 1.165) is 12.8 Å². The Morgan fingerprint density at radius 2 is 1.71 bits per heavy atom. The summed E-state index contributed by atoms with van der Waals surface area (Å²) < 4.78 is 0. The molecule has 1 aliphatic rings. The van der Waals surface area contributed by atoms with Crippen molar-refractivity contribution in [2.24, 2.45) is 5.73 Å². The third kappa shape index (κ3) is 2.96. The maximum Gasteiger partial charge on any atom is 0.0178 e. The van der Waals surface area contributed by atoms with Crippen LogP contribution in [0.15, 0.2) is 0 Å². The van der Waals surface area contributed by atoms with Gasteiger partial charge < -0.3 is 5.73 Å². The highest BCUT2D eigenvalue weighted by atomic mass is 15.2. The topological polar surface area (TPSA) is 29.3 Å². The van der Waals surface area contributed by atoms with E-state index in [0.29, 0.717) is 5.54 Å². The number of nitrogens with two attached hydrogens (primary N) is 1. The predicted molar refractivity (Wildman–Crippen MR) is 62.4 cm³/mol. The van der Waals surface area contributed by atoms with Crippen LogP contribution in [0.25, 0.3) is 0 Å². The Labute approximate surface area is 88.8 Å². The van der Waals surface area contributed by atoms with Crippen molar-refractivity contribution in [2.75, 3.05) is 13.1 Å². The highest BCUT2D eigenvalue weighted by molar-refractivity contribution is 4.92. The first-order chi connectivity index (χ1) is 6.37. The van der Waals surface area contributed by atoms with Gasteiger partial charge in [0.05, 0.1) is 0 Å². The van der Waals surface area contributed by atoms with E-state index >= 15 is 0 Å². The first kappa shape index (κ1) is 12.0. The van der Waals surface area contributed by atoms with Gasteiger partial charge in [0, 0.05) is 24.2 Å². The fourth-order valence-electron chi connectivity index (χ4n) is 2.37. The van der Waals surface area contributed by atoms with E-state index in [1.165, 1.54) is 25.9 Å². The van der Waals surface area contributed by atoms with Gasteiger partial charge >= 0.3 is 0 Å². The summed E-state index contributed by atoms with van der Waals surface area (Å²) in [5.41, 5.74) is 6.80. The summed E-state index contributed by atoms with van der Waals surface area (Å²) in [6.45, 7) is 11.4. The van der Waals surface area contributed by atoms with E-state index < -0.39 is 0 Å². The molecule has 1 fully saturated rings. The monoisotopic (exact) mass is 198 g/mol. The fraction of sp³-hybridized carbons (Fsp3) is 1.00. The molecule has 0 atom stereocenters. The second-order valence-corrected chi connectivity index (χ2v) is 5.77. The molecule has 1 rings (SSSR count). The van der Waals surface area contributed by atoms with Crippen molar-refractivity contribution in [1.29, 1.82) is 0 Å². The zero-order chi connectivity index (χ0) is 10.8. The molecule has 0 radical (unpaired) electrons. The Morgan fingerprint density at radius 3 is 2.07 bits per heavy atom. The lowest BCUT2D eigenvalue weighted by Crippen LogP contribution is -2.54. The summed E-state index contributed by atoms with van der Waals surface area (Å²) in [6.07, 6.45) is 4.73. The molecule has 2 nitrogen and oxygen atoms in total. The van der Waals surface area contributed by atoms with Crippen molar-refractivity contribution >= 4 is 0 Å². The highest BCUT2D eigenvalue weighted by Crippen LogP contribution is 2.28. The van der Waals surface area contributed by atoms with Gasteiger partial charge in [-0.25, -0.2) is 0 Å². The third-order valence-electron chi connectivity index (χ3n) is 3.46. The van der Waals surface area contributed by atoms with Crippen molar-refractivity contribution in [3.8, 4) is 0 Å². The van der Waals surface area contributed by atoms with Gasteiger partial charge in [-0.2, -0.15) is 0 Å². The molecular formula is C12H26N2. The zero-order valence-electron chi connectivity index (χ0n) is 10.3. The number of rotatable bonds is 2. The molecular weight excluding hydrogens is 172 g/mol. The van der Waals surface area contributed by atoms with Crippen LogP contribution < -0.4 is 5.73 Å². The van der Waals surface area contributed by atoms with E-state index in [2.05, 4.69) is 32.6 Å². The molecule has 2 N–H and O–H groups in total. The molecule has 0 amide bonds. The molecule has 0 saturated carbocycles. The van der Waals surface area contributed by atoms with E-state index in [4.69, 9.17) is 5.73 Å². The van der Waals surface area contributed by atoms with E-state index in [-0.39, 0.29) is 5.54 Å². The van der Waals surface area contributed by atoms with Crippen molar-refractivity contribution < 1.29 is 0 Å². The van der Waals surface area contributed by atoms with Gasteiger partial charge in [-0.1, -0.05) is 13.3 Å². The molecule has 1 aliphatic heterocycles. The molecule has 0 unspecified atom stereocenters.